The Bertz CT molecular complexity index is 508. The fraction of sp³-hybridized carbons (Fsp3) is 0.231. The van der Waals surface area contributed by atoms with Crippen LogP contribution < -0.4 is 10.6 Å². The minimum atomic E-state index is -0.232. The molecule has 5 nitrogen and oxygen atoms in total. The first kappa shape index (κ1) is 12.3. The molecule has 1 aromatic carbocycles. The zero-order valence-corrected chi connectivity index (χ0v) is 10.1. The third-order valence-electron chi connectivity index (χ3n) is 2.41. The number of hydrogen-bond acceptors (Lipinski definition) is 4. The second-order valence-electron chi connectivity index (χ2n) is 3.83. The van der Waals surface area contributed by atoms with Crippen molar-refractivity contribution < 1.29 is 9.21 Å². The summed E-state index contributed by atoms with van der Waals surface area (Å²) >= 11 is 0. The lowest BCUT2D eigenvalue weighted by Crippen LogP contribution is -2.23. The Morgan fingerprint density at radius 1 is 1.28 bits per heavy atom. The van der Waals surface area contributed by atoms with Gasteiger partial charge in [0.15, 0.2) is 5.69 Å². The van der Waals surface area contributed by atoms with Gasteiger partial charge in [-0.2, -0.15) is 0 Å². The minimum absolute atomic E-state index is 0.232. The Balaban J connectivity index is 1.91. The third-order valence-corrected chi connectivity index (χ3v) is 2.41. The first-order valence-electron chi connectivity index (χ1n) is 5.70. The molecule has 0 atom stereocenters. The van der Waals surface area contributed by atoms with E-state index in [0.717, 1.165) is 5.56 Å². The molecule has 0 radical (unpaired) electrons. The van der Waals surface area contributed by atoms with Crippen molar-refractivity contribution >= 4 is 5.91 Å². The average molecular weight is 245 g/mol. The Kier molecular flexibility index (Phi) is 4.09. The average Bonchev–Trinajstić information content (AvgIpc) is 2.86. The predicted octanol–water partition coefficient (Wildman–Crippen LogP) is 1.32. The Morgan fingerprint density at radius 3 is 2.78 bits per heavy atom. The van der Waals surface area contributed by atoms with Gasteiger partial charge in [-0.3, -0.25) is 4.79 Å². The van der Waals surface area contributed by atoms with Crippen LogP contribution in [-0.4, -0.2) is 17.9 Å². The monoisotopic (exact) mass is 245 g/mol. The van der Waals surface area contributed by atoms with Crippen LogP contribution in [0.25, 0.3) is 0 Å². The number of oxazole rings is 1. The van der Waals surface area contributed by atoms with Gasteiger partial charge in [0.1, 0.15) is 6.26 Å². The molecule has 0 aliphatic rings. The largest absolute Gasteiger partial charge is 0.447 e. The number of carbonyl (C=O) groups is 1. The van der Waals surface area contributed by atoms with Gasteiger partial charge in [-0.1, -0.05) is 30.3 Å². The summed E-state index contributed by atoms with van der Waals surface area (Å²) in [5.74, 6) is 0.271. The molecule has 18 heavy (non-hydrogen) atoms. The Hall–Kier alpha value is -2.14. The number of nitrogens with zero attached hydrogens (tertiary/aromatic N) is 1. The molecule has 0 bridgehead atoms. The minimum Gasteiger partial charge on any atom is -0.447 e. The molecular formula is C13H15N3O2. The zero-order valence-electron chi connectivity index (χ0n) is 10.1. The molecule has 0 unspecified atom stereocenters. The van der Waals surface area contributed by atoms with Gasteiger partial charge in [0.25, 0.3) is 5.91 Å². The van der Waals surface area contributed by atoms with Gasteiger partial charge in [-0.05, 0) is 12.6 Å². The van der Waals surface area contributed by atoms with Gasteiger partial charge in [0.05, 0.1) is 6.54 Å². The number of benzene rings is 1. The maximum atomic E-state index is 11.8. The lowest BCUT2D eigenvalue weighted by Gasteiger charge is -2.02. The number of aromatic nitrogens is 1. The van der Waals surface area contributed by atoms with Crippen LogP contribution in [0.15, 0.2) is 41.0 Å². The summed E-state index contributed by atoms with van der Waals surface area (Å²) in [6.45, 7) is 0.986. The molecule has 0 fully saturated rings. The molecule has 0 aliphatic heterocycles. The summed E-state index contributed by atoms with van der Waals surface area (Å²) < 4.78 is 5.14. The van der Waals surface area contributed by atoms with E-state index in [0.29, 0.717) is 24.7 Å². The fourth-order valence-corrected chi connectivity index (χ4v) is 1.52. The quantitative estimate of drug-likeness (QED) is 0.833. The normalized spacial score (nSPS) is 10.3. The van der Waals surface area contributed by atoms with Gasteiger partial charge in [-0.15, -0.1) is 0 Å². The van der Waals surface area contributed by atoms with Gasteiger partial charge in [-0.25, -0.2) is 4.98 Å². The number of amides is 1. The van der Waals surface area contributed by atoms with E-state index in [1.54, 1.807) is 7.05 Å². The zero-order chi connectivity index (χ0) is 12.8. The van der Waals surface area contributed by atoms with E-state index < -0.39 is 0 Å². The van der Waals surface area contributed by atoms with E-state index in [4.69, 9.17) is 4.42 Å². The van der Waals surface area contributed by atoms with Crippen LogP contribution >= 0.6 is 0 Å². The summed E-state index contributed by atoms with van der Waals surface area (Å²) in [7, 11) is 1.79. The van der Waals surface area contributed by atoms with Crippen LogP contribution in [0.3, 0.4) is 0 Å². The van der Waals surface area contributed by atoms with Crippen LogP contribution in [0.2, 0.25) is 0 Å². The topological polar surface area (TPSA) is 67.2 Å². The molecule has 2 aromatic rings. The highest BCUT2D eigenvalue weighted by Crippen LogP contribution is 2.03. The molecule has 1 aromatic heterocycles. The standard InChI is InChI=1S/C13H15N3O2/c1-14-8-12-16-11(9-18-12)13(17)15-7-10-5-3-2-4-6-10/h2-6,9,14H,7-8H2,1H3,(H,15,17). The summed E-state index contributed by atoms with van der Waals surface area (Å²) in [6, 6.07) is 9.71. The highest BCUT2D eigenvalue weighted by molar-refractivity contribution is 5.91. The molecule has 2 N–H and O–H groups in total. The van der Waals surface area contributed by atoms with Crippen LogP contribution in [-0.2, 0) is 13.1 Å². The lowest BCUT2D eigenvalue weighted by atomic mass is 10.2. The second-order valence-corrected chi connectivity index (χ2v) is 3.83. The van der Waals surface area contributed by atoms with Crippen LogP contribution in [0.4, 0.5) is 0 Å². The van der Waals surface area contributed by atoms with Crippen molar-refractivity contribution in [2.45, 2.75) is 13.1 Å². The molecule has 0 saturated heterocycles. The van der Waals surface area contributed by atoms with Crippen LogP contribution in [0.5, 0.6) is 0 Å². The molecule has 0 saturated carbocycles. The smallest absolute Gasteiger partial charge is 0.273 e. The number of hydrogen-bond donors (Lipinski definition) is 2. The molecule has 1 heterocycles. The van der Waals surface area contributed by atoms with E-state index in [1.807, 2.05) is 30.3 Å². The van der Waals surface area contributed by atoms with Crippen molar-refractivity contribution in [2.75, 3.05) is 7.05 Å². The van der Waals surface area contributed by atoms with E-state index in [-0.39, 0.29) is 5.91 Å². The molecule has 2 rings (SSSR count). The summed E-state index contributed by atoms with van der Waals surface area (Å²) in [4.78, 5) is 15.9. The first-order chi connectivity index (χ1) is 8.79. The fourth-order valence-electron chi connectivity index (χ4n) is 1.52. The highest BCUT2D eigenvalue weighted by atomic mass is 16.3. The van der Waals surface area contributed by atoms with Crippen molar-refractivity contribution in [1.82, 2.24) is 15.6 Å². The van der Waals surface area contributed by atoms with Gasteiger partial charge in [0, 0.05) is 6.54 Å². The van der Waals surface area contributed by atoms with Crippen molar-refractivity contribution in [3.8, 4) is 0 Å². The van der Waals surface area contributed by atoms with Crippen molar-refractivity contribution in [3.63, 3.8) is 0 Å². The summed E-state index contributed by atoms with van der Waals surface area (Å²) in [5.41, 5.74) is 1.35. The second kappa shape index (κ2) is 5.97. The van der Waals surface area contributed by atoms with E-state index in [1.165, 1.54) is 6.26 Å². The van der Waals surface area contributed by atoms with E-state index in [9.17, 15) is 4.79 Å². The number of carbonyl (C=O) groups excluding carboxylic acids is 1. The molecule has 94 valence electrons. The van der Waals surface area contributed by atoms with Crippen molar-refractivity contribution in [1.29, 1.82) is 0 Å². The number of nitrogens with one attached hydrogen (secondary N) is 2. The maximum Gasteiger partial charge on any atom is 0.273 e. The van der Waals surface area contributed by atoms with E-state index >= 15 is 0 Å². The van der Waals surface area contributed by atoms with Crippen LogP contribution in [0.1, 0.15) is 21.9 Å². The molecule has 1 amide bonds. The maximum absolute atomic E-state index is 11.8. The van der Waals surface area contributed by atoms with Crippen LogP contribution in [0, 0.1) is 0 Å². The van der Waals surface area contributed by atoms with E-state index in [2.05, 4.69) is 15.6 Å². The van der Waals surface area contributed by atoms with Crippen molar-refractivity contribution in [3.05, 3.63) is 53.7 Å². The van der Waals surface area contributed by atoms with Gasteiger partial charge < -0.3 is 15.1 Å². The third kappa shape index (κ3) is 3.18. The summed E-state index contributed by atoms with van der Waals surface area (Å²) in [6.07, 6.45) is 1.37. The molecular weight excluding hydrogens is 230 g/mol. The molecule has 0 aliphatic carbocycles. The molecule has 5 heteroatoms. The lowest BCUT2D eigenvalue weighted by molar-refractivity contribution is 0.0946. The Morgan fingerprint density at radius 2 is 2.06 bits per heavy atom. The SMILES string of the molecule is CNCc1nc(C(=O)NCc2ccccc2)co1. The number of rotatable bonds is 5. The first-order valence-corrected chi connectivity index (χ1v) is 5.70. The van der Waals surface area contributed by atoms with Gasteiger partial charge >= 0.3 is 0 Å². The Labute approximate surface area is 105 Å². The highest BCUT2D eigenvalue weighted by Gasteiger charge is 2.11. The molecule has 0 spiro atoms. The predicted molar refractivity (Wildman–Crippen MR) is 66.9 cm³/mol. The summed E-state index contributed by atoms with van der Waals surface area (Å²) in [5, 5.41) is 5.69. The van der Waals surface area contributed by atoms with Crippen molar-refractivity contribution in [2.24, 2.45) is 0 Å². The van der Waals surface area contributed by atoms with Gasteiger partial charge in [0.2, 0.25) is 5.89 Å².